The Kier molecular flexibility index (Phi) is 4.18. The van der Waals surface area contributed by atoms with Crippen LogP contribution in [0.2, 0.25) is 0 Å². The Labute approximate surface area is 187 Å². The van der Waals surface area contributed by atoms with Crippen LogP contribution < -0.4 is 9.47 Å². The maximum Gasteiger partial charge on any atom is 0.240 e. The molecule has 0 spiro atoms. The third-order valence-electron chi connectivity index (χ3n) is 6.26. The molecule has 6 rings (SSSR count). The highest BCUT2D eigenvalue weighted by Crippen LogP contribution is 2.42. The largest absolute Gasteiger partial charge is 0.487 e. The van der Waals surface area contributed by atoms with Gasteiger partial charge in [0.1, 0.15) is 36.3 Å². The van der Waals surface area contributed by atoms with Gasteiger partial charge < -0.3 is 19.4 Å². The van der Waals surface area contributed by atoms with Gasteiger partial charge in [0, 0.05) is 23.0 Å². The van der Waals surface area contributed by atoms with Crippen molar-refractivity contribution in [2.45, 2.75) is 52.7 Å². The maximum absolute atomic E-state index is 6.08. The summed E-state index contributed by atoms with van der Waals surface area (Å²) >= 11 is 0. The van der Waals surface area contributed by atoms with Crippen LogP contribution in [-0.4, -0.2) is 19.9 Å². The van der Waals surface area contributed by atoms with Crippen LogP contribution >= 0.6 is 0 Å². The highest BCUT2D eigenvalue weighted by Gasteiger charge is 2.25. The molecule has 0 atom stereocenters. The minimum Gasteiger partial charge on any atom is -0.487 e. The molecule has 0 saturated carbocycles. The molecule has 0 amide bonds. The number of nitrogens with zero attached hydrogens (tertiary/aromatic N) is 2. The van der Waals surface area contributed by atoms with Crippen molar-refractivity contribution in [3.63, 3.8) is 0 Å². The zero-order valence-electron chi connectivity index (χ0n) is 18.7. The van der Waals surface area contributed by atoms with Gasteiger partial charge >= 0.3 is 0 Å². The van der Waals surface area contributed by atoms with Crippen LogP contribution in [0.15, 0.2) is 36.4 Å². The number of H-pyrrole nitrogens is 2. The summed E-state index contributed by atoms with van der Waals surface area (Å²) in [6.07, 6.45) is 0. The van der Waals surface area contributed by atoms with Crippen molar-refractivity contribution in [2.24, 2.45) is 0 Å². The molecule has 32 heavy (non-hydrogen) atoms. The summed E-state index contributed by atoms with van der Waals surface area (Å²) in [5.74, 6) is 4.22. The number of imidazole rings is 2. The van der Waals surface area contributed by atoms with Gasteiger partial charge in [0.05, 0.1) is 11.4 Å². The normalized spacial score (nSPS) is 13.8. The fraction of sp³-hybridized carbons (Fsp3) is 0.308. The highest BCUT2D eigenvalue weighted by atomic mass is 16.5. The fourth-order valence-electron chi connectivity index (χ4n) is 4.42. The van der Waals surface area contributed by atoms with E-state index in [4.69, 9.17) is 14.5 Å². The summed E-state index contributed by atoms with van der Waals surface area (Å²) in [5.41, 5.74) is 8.65. The number of ether oxygens (including phenoxy) is 2. The monoisotopic (exact) mass is 426 g/mol. The molecule has 0 radical (unpaired) electrons. The second-order valence-corrected chi connectivity index (χ2v) is 9.22. The Morgan fingerprint density at radius 1 is 0.781 bits per heavy atom. The predicted octanol–water partition coefficient (Wildman–Crippen LogP) is 6.17. The van der Waals surface area contributed by atoms with Gasteiger partial charge in [-0.2, -0.15) is 4.98 Å². The quantitative estimate of drug-likeness (QED) is 0.411. The van der Waals surface area contributed by atoms with Gasteiger partial charge in [0.15, 0.2) is 0 Å². The van der Waals surface area contributed by atoms with E-state index < -0.39 is 0 Å². The zero-order valence-corrected chi connectivity index (χ0v) is 18.7. The molecule has 0 unspecified atom stereocenters. The number of aromatic amines is 2. The number of rotatable bonds is 3. The second-order valence-electron chi connectivity index (χ2n) is 9.22. The van der Waals surface area contributed by atoms with E-state index in [-0.39, 0.29) is 0 Å². The molecule has 2 aromatic carbocycles. The first-order valence-corrected chi connectivity index (χ1v) is 11.2. The van der Waals surface area contributed by atoms with E-state index in [1.807, 2.05) is 0 Å². The van der Waals surface area contributed by atoms with Crippen molar-refractivity contribution in [3.8, 4) is 45.3 Å². The SMILES string of the molecule is CC(C)c1nc2c([nH]1)COc1cc(-c3ccc4c(c3)COc3nc(C(C)C)[nH]c3-4)ccc1-2. The molecule has 6 heteroatoms. The molecular formula is C26H26N4O2. The summed E-state index contributed by atoms with van der Waals surface area (Å²) < 4.78 is 12.0. The average Bonchev–Trinajstić information content (AvgIpc) is 3.43. The van der Waals surface area contributed by atoms with E-state index in [0.717, 1.165) is 62.3 Å². The second kappa shape index (κ2) is 6.99. The van der Waals surface area contributed by atoms with Crippen LogP contribution in [0.4, 0.5) is 0 Å². The minimum atomic E-state index is 0.328. The van der Waals surface area contributed by atoms with Gasteiger partial charge in [0.25, 0.3) is 0 Å². The zero-order chi connectivity index (χ0) is 22.0. The standard InChI is InChI=1S/C26H26N4O2/c1-13(2)24-27-20-12-31-21-10-16(6-8-19(21)22(20)28-24)15-5-7-18-17(9-15)11-32-26-23(18)29-25(30-26)14(3)4/h5-10,13-14H,11-12H2,1-4H3,(H,27,28)(H,29,30). The number of aromatic nitrogens is 4. The lowest BCUT2D eigenvalue weighted by Crippen LogP contribution is -2.06. The summed E-state index contributed by atoms with van der Waals surface area (Å²) in [6, 6.07) is 12.9. The molecule has 6 nitrogen and oxygen atoms in total. The summed E-state index contributed by atoms with van der Waals surface area (Å²) in [7, 11) is 0. The van der Waals surface area contributed by atoms with Gasteiger partial charge in [-0.25, -0.2) is 4.98 Å². The number of hydrogen-bond donors (Lipinski definition) is 2. The molecular weight excluding hydrogens is 400 g/mol. The predicted molar refractivity (Wildman–Crippen MR) is 124 cm³/mol. The van der Waals surface area contributed by atoms with Crippen LogP contribution in [0.25, 0.3) is 33.6 Å². The first-order valence-electron chi connectivity index (χ1n) is 11.2. The molecule has 2 aliphatic rings. The van der Waals surface area contributed by atoms with Gasteiger partial charge in [-0.15, -0.1) is 0 Å². The van der Waals surface area contributed by atoms with Crippen LogP contribution in [0.5, 0.6) is 11.6 Å². The van der Waals surface area contributed by atoms with E-state index in [0.29, 0.717) is 30.9 Å². The van der Waals surface area contributed by atoms with E-state index in [9.17, 15) is 0 Å². The number of fused-ring (bicyclic) bond motifs is 6. The number of benzene rings is 2. The van der Waals surface area contributed by atoms with Gasteiger partial charge in [0.2, 0.25) is 5.88 Å². The summed E-state index contributed by atoms with van der Waals surface area (Å²) in [4.78, 5) is 16.3. The van der Waals surface area contributed by atoms with Crippen molar-refractivity contribution in [1.29, 1.82) is 0 Å². The molecule has 4 aromatic rings. The van der Waals surface area contributed by atoms with E-state index >= 15 is 0 Å². The fourth-order valence-corrected chi connectivity index (χ4v) is 4.42. The molecule has 0 saturated heterocycles. The summed E-state index contributed by atoms with van der Waals surface area (Å²) in [5, 5.41) is 0. The summed E-state index contributed by atoms with van der Waals surface area (Å²) in [6.45, 7) is 9.58. The van der Waals surface area contributed by atoms with Crippen molar-refractivity contribution in [1.82, 2.24) is 19.9 Å². The molecule has 2 aliphatic heterocycles. The molecule has 0 aliphatic carbocycles. The van der Waals surface area contributed by atoms with Crippen LogP contribution in [-0.2, 0) is 13.2 Å². The van der Waals surface area contributed by atoms with Crippen molar-refractivity contribution in [3.05, 3.63) is 59.3 Å². The Morgan fingerprint density at radius 2 is 1.50 bits per heavy atom. The molecule has 2 aromatic heterocycles. The van der Waals surface area contributed by atoms with Crippen LogP contribution in [0.1, 0.15) is 62.4 Å². The maximum atomic E-state index is 6.08. The lowest BCUT2D eigenvalue weighted by atomic mass is 9.95. The van der Waals surface area contributed by atoms with Crippen molar-refractivity contribution < 1.29 is 9.47 Å². The molecule has 4 heterocycles. The molecule has 162 valence electrons. The van der Waals surface area contributed by atoms with E-state index in [1.54, 1.807) is 0 Å². The Hall–Kier alpha value is -3.54. The van der Waals surface area contributed by atoms with Crippen LogP contribution in [0, 0.1) is 0 Å². The number of nitrogens with one attached hydrogen (secondary N) is 2. The Balaban J connectivity index is 1.36. The Bertz CT molecular complexity index is 1240. The Morgan fingerprint density at radius 3 is 2.28 bits per heavy atom. The van der Waals surface area contributed by atoms with Crippen molar-refractivity contribution in [2.75, 3.05) is 0 Å². The van der Waals surface area contributed by atoms with Gasteiger partial charge in [-0.3, -0.25) is 0 Å². The first kappa shape index (κ1) is 19.2. The van der Waals surface area contributed by atoms with Gasteiger partial charge in [-0.1, -0.05) is 45.9 Å². The van der Waals surface area contributed by atoms with Crippen LogP contribution in [0.3, 0.4) is 0 Å². The topological polar surface area (TPSA) is 75.8 Å². The number of hydrogen-bond acceptors (Lipinski definition) is 4. The molecule has 0 fully saturated rings. The van der Waals surface area contributed by atoms with E-state index in [1.165, 1.54) is 0 Å². The lowest BCUT2D eigenvalue weighted by Gasteiger charge is -2.19. The van der Waals surface area contributed by atoms with Gasteiger partial charge in [-0.05, 0) is 34.9 Å². The first-order chi connectivity index (χ1) is 15.5. The molecule has 0 bridgehead atoms. The average molecular weight is 427 g/mol. The smallest absolute Gasteiger partial charge is 0.240 e. The minimum absolute atomic E-state index is 0.328. The highest BCUT2D eigenvalue weighted by molar-refractivity contribution is 5.79. The van der Waals surface area contributed by atoms with E-state index in [2.05, 4.69) is 79.0 Å². The van der Waals surface area contributed by atoms with Crippen molar-refractivity contribution >= 4 is 0 Å². The third-order valence-corrected chi connectivity index (χ3v) is 6.26. The third kappa shape index (κ3) is 2.93. The molecule has 2 N–H and O–H groups in total. The lowest BCUT2D eigenvalue weighted by molar-refractivity contribution is 0.291.